The normalized spacial score (nSPS) is 13.2. The number of carbonyl (C=O) groups excluding carboxylic acids is 1. The third-order valence-electron chi connectivity index (χ3n) is 4.36. The number of para-hydroxylation sites is 1. The lowest BCUT2D eigenvalue weighted by Gasteiger charge is -2.30. The fraction of sp³-hybridized carbons (Fsp3) is 0.150. The minimum absolute atomic E-state index is 0.211. The molecule has 0 atom stereocenters. The Morgan fingerprint density at radius 3 is 2.62 bits per heavy atom. The summed E-state index contributed by atoms with van der Waals surface area (Å²) in [6, 6.07) is 13.8. The number of carbonyl (C=O) groups is 1. The highest BCUT2D eigenvalue weighted by Gasteiger charge is 2.19. The Morgan fingerprint density at radius 2 is 1.85 bits per heavy atom. The number of aromatic nitrogens is 2. The van der Waals surface area contributed by atoms with E-state index < -0.39 is 0 Å². The van der Waals surface area contributed by atoms with Crippen molar-refractivity contribution in [3.8, 4) is 0 Å². The van der Waals surface area contributed by atoms with Gasteiger partial charge in [-0.3, -0.25) is 4.79 Å². The van der Waals surface area contributed by atoms with Gasteiger partial charge in [0, 0.05) is 17.9 Å². The molecule has 0 bridgehead atoms. The van der Waals surface area contributed by atoms with Gasteiger partial charge in [0.05, 0.1) is 12.4 Å². The molecule has 3 aromatic rings. The fourth-order valence-corrected chi connectivity index (χ4v) is 3.08. The maximum atomic E-state index is 12.9. The highest BCUT2D eigenvalue weighted by molar-refractivity contribution is 6.02. The minimum atomic E-state index is -0.380. The van der Waals surface area contributed by atoms with Crippen molar-refractivity contribution in [3.63, 3.8) is 0 Å². The molecule has 0 aliphatic carbocycles. The number of halogens is 1. The second-order valence-corrected chi connectivity index (χ2v) is 6.10. The fourth-order valence-electron chi connectivity index (χ4n) is 3.08. The Hall–Kier alpha value is -3.28. The van der Waals surface area contributed by atoms with E-state index in [0.29, 0.717) is 5.69 Å². The van der Waals surface area contributed by atoms with Gasteiger partial charge in [0.25, 0.3) is 5.91 Å². The molecule has 2 aromatic carbocycles. The van der Waals surface area contributed by atoms with Crippen LogP contribution in [0.5, 0.6) is 0 Å². The van der Waals surface area contributed by atoms with Crippen LogP contribution in [0.3, 0.4) is 0 Å². The lowest BCUT2D eigenvalue weighted by atomic mass is 10.0. The van der Waals surface area contributed by atoms with Crippen LogP contribution < -0.4 is 10.2 Å². The topological polar surface area (TPSA) is 58.1 Å². The number of anilines is 3. The van der Waals surface area contributed by atoms with E-state index in [2.05, 4.69) is 32.3 Å². The van der Waals surface area contributed by atoms with Crippen LogP contribution in [0.1, 0.15) is 22.5 Å². The van der Waals surface area contributed by atoms with E-state index in [-0.39, 0.29) is 17.4 Å². The van der Waals surface area contributed by atoms with Crippen molar-refractivity contribution in [2.75, 3.05) is 16.8 Å². The van der Waals surface area contributed by atoms with E-state index in [1.54, 1.807) is 6.20 Å². The molecule has 2 heterocycles. The Balaban J connectivity index is 1.52. The van der Waals surface area contributed by atoms with Gasteiger partial charge in [-0.15, -0.1) is 0 Å². The molecule has 0 radical (unpaired) electrons. The molecule has 26 heavy (non-hydrogen) atoms. The number of hydrogen-bond acceptors (Lipinski definition) is 4. The predicted molar refractivity (Wildman–Crippen MR) is 98.2 cm³/mol. The summed E-state index contributed by atoms with van der Waals surface area (Å²) in [5.74, 6) is -0.0147. The average molecular weight is 348 g/mol. The van der Waals surface area contributed by atoms with Gasteiger partial charge in [-0.1, -0.05) is 18.2 Å². The van der Waals surface area contributed by atoms with Crippen molar-refractivity contribution in [1.29, 1.82) is 0 Å². The largest absolute Gasteiger partial charge is 0.325 e. The van der Waals surface area contributed by atoms with Crippen molar-refractivity contribution < 1.29 is 9.18 Å². The summed E-state index contributed by atoms with van der Waals surface area (Å²) in [5, 5.41) is 2.68. The van der Waals surface area contributed by atoms with Crippen molar-refractivity contribution in [3.05, 3.63) is 78.0 Å². The third kappa shape index (κ3) is 3.26. The molecule has 5 nitrogen and oxygen atoms in total. The van der Waals surface area contributed by atoms with Crippen molar-refractivity contribution in [2.24, 2.45) is 0 Å². The molecular formula is C20H17FN4O. The first kappa shape index (κ1) is 16.2. The summed E-state index contributed by atoms with van der Waals surface area (Å²) in [5.41, 5.74) is 3.14. The summed E-state index contributed by atoms with van der Waals surface area (Å²) in [4.78, 5) is 23.1. The van der Waals surface area contributed by atoms with E-state index in [1.165, 1.54) is 36.0 Å². The lowest BCUT2D eigenvalue weighted by Crippen LogP contribution is -2.25. The van der Waals surface area contributed by atoms with Crippen LogP contribution in [0.25, 0.3) is 0 Å². The molecule has 4 rings (SSSR count). The number of benzene rings is 2. The van der Waals surface area contributed by atoms with Gasteiger partial charge in [0.1, 0.15) is 11.5 Å². The Kier molecular flexibility index (Phi) is 4.31. The SMILES string of the molecule is O=C(Nc1ccc(F)cc1)c1cnc(N2CCCc3ccccc32)cn1. The summed E-state index contributed by atoms with van der Waals surface area (Å²) in [7, 11) is 0. The van der Waals surface area contributed by atoms with E-state index in [1.807, 2.05) is 12.1 Å². The monoisotopic (exact) mass is 348 g/mol. The molecule has 6 heteroatoms. The maximum Gasteiger partial charge on any atom is 0.275 e. The number of nitrogens with zero attached hydrogens (tertiary/aromatic N) is 3. The summed E-state index contributed by atoms with van der Waals surface area (Å²) in [6.45, 7) is 0.868. The van der Waals surface area contributed by atoms with Gasteiger partial charge in [-0.25, -0.2) is 14.4 Å². The molecule has 0 spiro atoms. The van der Waals surface area contributed by atoms with Gasteiger partial charge in [-0.05, 0) is 48.7 Å². The summed E-state index contributed by atoms with van der Waals surface area (Å²) >= 11 is 0. The molecule has 0 saturated carbocycles. The van der Waals surface area contributed by atoms with Gasteiger partial charge in [0.15, 0.2) is 5.82 Å². The number of aryl methyl sites for hydroxylation is 1. The quantitative estimate of drug-likeness (QED) is 0.779. The standard InChI is InChI=1S/C20H17FN4O/c21-15-7-9-16(10-8-15)24-20(26)17-12-23-19(13-22-17)25-11-3-5-14-4-1-2-6-18(14)25/h1-2,4,6-10,12-13H,3,5,11H2,(H,24,26). The lowest BCUT2D eigenvalue weighted by molar-refractivity contribution is 0.102. The number of amides is 1. The predicted octanol–water partition coefficient (Wildman–Crippen LogP) is 3.95. The van der Waals surface area contributed by atoms with Crippen LogP contribution in [0.2, 0.25) is 0 Å². The molecule has 130 valence electrons. The van der Waals surface area contributed by atoms with E-state index in [4.69, 9.17) is 0 Å². The first-order valence-electron chi connectivity index (χ1n) is 8.45. The highest BCUT2D eigenvalue weighted by atomic mass is 19.1. The molecule has 1 amide bonds. The Bertz CT molecular complexity index is 925. The first-order valence-corrected chi connectivity index (χ1v) is 8.45. The van der Waals surface area contributed by atoms with Crippen molar-refractivity contribution in [2.45, 2.75) is 12.8 Å². The molecule has 0 saturated heterocycles. The smallest absolute Gasteiger partial charge is 0.275 e. The second-order valence-electron chi connectivity index (χ2n) is 6.10. The molecule has 0 fully saturated rings. The molecule has 0 unspecified atom stereocenters. The van der Waals surface area contributed by atoms with Gasteiger partial charge >= 0.3 is 0 Å². The van der Waals surface area contributed by atoms with Crippen LogP contribution >= 0.6 is 0 Å². The van der Waals surface area contributed by atoms with Gasteiger partial charge in [-0.2, -0.15) is 0 Å². The van der Waals surface area contributed by atoms with Crippen molar-refractivity contribution >= 4 is 23.1 Å². The molecular weight excluding hydrogens is 331 g/mol. The second kappa shape index (κ2) is 6.92. The van der Waals surface area contributed by atoms with Crippen LogP contribution in [0.15, 0.2) is 60.9 Å². The van der Waals surface area contributed by atoms with Crippen LogP contribution in [-0.4, -0.2) is 22.4 Å². The molecule has 1 aliphatic rings. The van der Waals surface area contributed by atoms with Crippen LogP contribution in [0, 0.1) is 5.82 Å². The van der Waals surface area contributed by atoms with Crippen LogP contribution in [0.4, 0.5) is 21.6 Å². The minimum Gasteiger partial charge on any atom is -0.325 e. The van der Waals surface area contributed by atoms with Gasteiger partial charge in [0.2, 0.25) is 0 Å². The number of hydrogen-bond donors (Lipinski definition) is 1. The Labute approximate surface area is 150 Å². The van der Waals surface area contributed by atoms with E-state index in [0.717, 1.165) is 30.9 Å². The summed E-state index contributed by atoms with van der Waals surface area (Å²) < 4.78 is 12.9. The van der Waals surface area contributed by atoms with Crippen LogP contribution in [-0.2, 0) is 6.42 Å². The number of nitrogens with one attached hydrogen (secondary N) is 1. The van der Waals surface area contributed by atoms with E-state index in [9.17, 15) is 9.18 Å². The highest BCUT2D eigenvalue weighted by Crippen LogP contribution is 2.31. The molecule has 1 aliphatic heterocycles. The Morgan fingerprint density at radius 1 is 1.04 bits per heavy atom. The summed E-state index contributed by atoms with van der Waals surface area (Å²) in [6.07, 6.45) is 5.18. The zero-order valence-electron chi connectivity index (χ0n) is 14.0. The molecule has 1 N–H and O–H groups in total. The van der Waals surface area contributed by atoms with E-state index >= 15 is 0 Å². The average Bonchev–Trinajstić information content (AvgIpc) is 2.69. The first-order chi connectivity index (χ1) is 12.7. The number of rotatable bonds is 3. The zero-order valence-corrected chi connectivity index (χ0v) is 14.0. The maximum absolute atomic E-state index is 12.9. The van der Waals surface area contributed by atoms with Crippen molar-refractivity contribution in [1.82, 2.24) is 9.97 Å². The number of fused-ring (bicyclic) bond motifs is 1. The third-order valence-corrected chi connectivity index (χ3v) is 4.36. The zero-order chi connectivity index (χ0) is 17.9. The molecule has 1 aromatic heterocycles. The van der Waals surface area contributed by atoms with Gasteiger partial charge < -0.3 is 10.2 Å².